The lowest BCUT2D eigenvalue weighted by atomic mass is 9.80. The highest BCUT2D eigenvalue weighted by molar-refractivity contribution is 5.86. The molecule has 0 bridgehead atoms. The van der Waals surface area contributed by atoms with Crippen LogP contribution < -0.4 is 10.5 Å². The predicted octanol–water partition coefficient (Wildman–Crippen LogP) is 5.10. The molecule has 2 heterocycles. The first-order valence-corrected chi connectivity index (χ1v) is 9.03. The van der Waals surface area contributed by atoms with E-state index in [0.29, 0.717) is 11.8 Å². The molecule has 24 heavy (non-hydrogen) atoms. The molecule has 0 aliphatic carbocycles. The average molecular weight is 327 g/mol. The Morgan fingerprint density at radius 3 is 2.67 bits per heavy atom. The molecular formula is C21H29NO2. The van der Waals surface area contributed by atoms with Gasteiger partial charge in [0.25, 0.3) is 0 Å². The monoisotopic (exact) mass is 327 g/mol. The number of fused-ring (bicyclic) bond motifs is 2. The van der Waals surface area contributed by atoms with Gasteiger partial charge in [-0.3, -0.25) is 0 Å². The van der Waals surface area contributed by atoms with Gasteiger partial charge >= 0.3 is 5.63 Å². The van der Waals surface area contributed by atoms with Crippen LogP contribution in [0.4, 0.5) is 5.69 Å². The van der Waals surface area contributed by atoms with Crippen LogP contribution >= 0.6 is 0 Å². The van der Waals surface area contributed by atoms with Gasteiger partial charge in [0.1, 0.15) is 5.58 Å². The summed E-state index contributed by atoms with van der Waals surface area (Å²) in [7, 11) is 2.14. The highest BCUT2D eigenvalue weighted by atomic mass is 16.4. The molecule has 1 aliphatic heterocycles. The van der Waals surface area contributed by atoms with Crippen molar-refractivity contribution in [2.45, 2.75) is 65.3 Å². The number of hydrogen-bond donors (Lipinski definition) is 0. The van der Waals surface area contributed by atoms with Crippen molar-refractivity contribution in [2.75, 3.05) is 11.9 Å². The average Bonchev–Trinajstić information content (AvgIpc) is 2.48. The molecule has 0 radical (unpaired) electrons. The molecule has 0 unspecified atom stereocenters. The quantitative estimate of drug-likeness (QED) is 0.735. The molecule has 1 aromatic heterocycles. The number of nitrogens with zero attached hydrogens (tertiary/aromatic N) is 1. The van der Waals surface area contributed by atoms with Gasteiger partial charge in [-0.25, -0.2) is 4.79 Å². The minimum atomic E-state index is -0.244. The largest absolute Gasteiger partial charge is 0.423 e. The molecule has 0 amide bonds. The van der Waals surface area contributed by atoms with E-state index in [-0.39, 0.29) is 11.2 Å². The van der Waals surface area contributed by atoms with E-state index in [1.54, 1.807) is 6.07 Å². The van der Waals surface area contributed by atoms with Crippen molar-refractivity contribution in [2.24, 2.45) is 5.92 Å². The molecule has 1 aliphatic rings. The lowest BCUT2D eigenvalue weighted by Gasteiger charge is -2.45. The Hall–Kier alpha value is -1.77. The summed E-state index contributed by atoms with van der Waals surface area (Å²) in [5.74, 6) is 1.12. The minimum absolute atomic E-state index is 0.107. The van der Waals surface area contributed by atoms with Crippen molar-refractivity contribution < 1.29 is 4.42 Å². The van der Waals surface area contributed by atoms with Crippen molar-refractivity contribution in [1.29, 1.82) is 0 Å². The summed E-state index contributed by atoms with van der Waals surface area (Å²) in [5, 5.41) is 1.11. The molecule has 0 spiro atoms. The molecule has 2 aromatic rings. The second kappa shape index (κ2) is 5.94. The lowest BCUT2D eigenvalue weighted by molar-refractivity contribution is 0.395. The number of hydrogen-bond acceptors (Lipinski definition) is 3. The molecule has 0 saturated heterocycles. The van der Waals surface area contributed by atoms with Gasteiger partial charge in [0, 0.05) is 35.8 Å². The van der Waals surface area contributed by atoms with Gasteiger partial charge < -0.3 is 9.32 Å². The lowest BCUT2D eigenvalue weighted by Crippen LogP contribution is -2.45. The van der Waals surface area contributed by atoms with Crippen LogP contribution in [-0.2, 0) is 6.42 Å². The van der Waals surface area contributed by atoms with E-state index in [1.807, 2.05) is 0 Å². The van der Waals surface area contributed by atoms with Crippen LogP contribution in [0.2, 0.25) is 0 Å². The van der Waals surface area contributed by atoms with Crippen LogP contribution in [0.25, 0.3) is 11.0 Å². The SMILES string of the molecule is CC(C)CCc1cc(=O)oc2cc3c(cc12)[C@@H](C)CC(C)(C)N3C. The molecule has 3 nitrogen and oxygen atoms in total. The summed E-state index contributed by atoms with van der Waals surface area (Å²) in [4.78, 5) is 14.3. The summed E-state index contributed by atoms with van der Waals surface area (Å²) in [5.41, 5.74) is 4.26. The Bertz CT molecular complexity index is 816. The van der Waals surface area contributed by atoms with Gasteiger partial charge in [0.15, 0.2) is 0 Å². The fourth-order valence-electron chi connectivity index (χ4n) is 3.94. The fourth-order valence-corrected chi connectivity index (χ4v) is 3.94. The molecule has 0 saturated carbocycles. The fraction of sp³-hybridized carbons (Fsp3) is 0.571. The van der Waals surface area contributed by atoms with Gasteiger partial charge in [-0.1, -0.05) is 20.8 Å². The van der Waals surface area contributed by atoms with Crippen LogP contribution in [0.3, 0.4) is 0 Å². The van der Waals surface area contributed by atoms with E-state index >= 15 is 0 Å². The summed E-state index contributed by atoms with van der Waals surface area (Å²) >= 11 is 0. The summed E-state index contributed by atoms with van der Waals surface area (Å²) in [6.07, 6.45) is 3.13. The van der Waals surface area contributed by atoms with E-state index in [9.17, 15) is 4.79 Å². The topological polar surface area (TPSA) is 33.5 Å². The van der Waals surface area contributed by atoms with E-state index in [2.05, 4.69) is 58.7 Å². The van der Waals surface area contributed by atoms with Gasteiger partial charge in [0.2, 0.25) is 0 Å². The molecule has 1 atom stereocenters. The highest BCUT2D eigenvalue weighted by Gasteiger charge is 2.34. The zero-order chi connectivity index (χ0) is 17.6. The molecular weight excluding hydrogens is 298 g/mol. The first-order valence-electron chi connectivity index (χ1n) is 9.03. The van der Waals surface area contributed by atoms with E-state index in [1.165, 1.54) is 11.3 Å². The zero-order valence-corrected chi connectivity index (χ0v) is 15.8. The van der Waals surface area contributed by atoms with Crippen LogP contribution in [0.5, 0.6) is 0 Å². The van der Waals surface area contributed by atoms with Crippen molar-refractivity contribution >= 4 is 16.7 Å². The molecule has 1 aromatic carbocycles. The van der Waals surface area contributed by atoms with Crippen LogP contribution in [0.1, 0.15) is 64.5 Å². The van der Waals surface area contributed by atoms with Crippen LogP contribution in [0.15, 0.2) is 27.4 Å². The Morgan fingerprint density at radius 1 is 1.29 bits per heavy atom. The first kappa shape index (κ1) is 17.1. The van der Waals surface area contributed by atoms with Gasteiger partial charge in [-0.2, -0.15) is 0 Å². The van der Waals surface area contributed by atoms with Gasteiger partial charge in [-0.05, 0) is 62.1 Å². The molecule has 3 rings (SSSR count). The molecule has 3 heteroatoms. The standard InChI is InChI=1S/C21H29NO2/c1-13(2)7-8-15-9-20(23)24-19-11-18-16(10-17(15)19)14(3)12-21(4,5)22(18)6/h9-11,13-14H,7-8,12H2,1-6H3/t14-/m0/s1. The number of aryl methyl sites for hydroxylation is 1. The number of anilines is 1. The summed E-state index contributed by atoms with van der Waals surface area (Å²) in [6.45, 7) is 11.3. The molecule has 0 N–H and O–H groups in total. The van der Waals surface area contributed by atoms with E-state index in [4.69, 9.17) is 4.42 Å². The van der Waals surface area contributed by atoms with Crippen molar-refractivity contribution in [3.05, 3.63) is 39.7 Å². The zero-order valence-electron chi connectivity index (χ0n) is 15.8. The van der Waals surface area contributed by atoms with Crippen molar-refractivity contribution in [3.63, 3.8) is 0 Å². The highest BCUT2D eigenvalue weighted by Crippen LogP contribution is 2.44. The third kappa shape index (κ3) is 2.97. The van der Waals surface area contributed by atoms with Gasteiger partial charge in [0.05, 0.1) is 0 Å². The maximum absolute atomic E-state index is 12.0. The number of benzene rings is 1. The van der Waals surface area contributed by atoms with Crippen LogP contribution in [-0.4, -0.2) is 12.6 Å². The Kier molecular flexibility index (Phi) is 4.23. The first-order chi connectivity index (χ1) is 11.2. The smallest absolute Gasteiger partial charge is 0.336 e. The maximum atomic E-state index is 12.0. The van der Waals surface area contributed by atoms with Crippen LogP contribution in [0, 0.1) is 5.92 Å². The third-order valence-electron chi connectivity index (χ3n) is 5.57. The Labute approximate surface area is 144 Å². The maximum Gasteiger partial charge on any atom is 0.336 e. The van der Waals surface area contributed by atoms with E-state index in [0.717, 1.165) is 35.8 Å². The summed E-state index contributed by atoms with van der Waals surface area (Å²) in [6, 6.07) is 6.01. The molecule has 130 valence electrons. The second-order valence-corrected chi connectivity index (χ2v) is 8.41. The minimum Gasteiger partial charge on any atom is -0.423 e. The molecule has 0 fully saturated rings. The van der Waals surface area contributed by atoms with E-state index < -0.39 is 0 Å². The number of rotatable bonds is 3. The van der Waals surface area contributed by atoms with Crippen molar-refractivity contribution in [3.8, 4) is 0 Å². The Balaban J connectivity index is 2.18. The Morgan fingerprint density at radius 2 is 2.00 bits per heavy atom. The van der Waals surface area contributed by atoms with Crippen molar-refractivity contribution in [1.82, 2.24) is 0 Å². The normalized spacial score (nSPS) is 19.8. The van der Waals surface area contributed by atoms with Gasteiger partial charge in [-0.15, -0.1) is 0 Å². The second-order valence-electron chi connectivity index (χ2n) is 8.41. The summed E-state index contributed by atoms with van der Waals surface area (Å²) < 4.78 is 5.54. The predicted molar refractivity (Wildman–Crippen MR) is 101 cm³/mol. The third-order valence-corrected chi connectivity index (χ3v) is 5.57.